The molecule has 1 amide bonds. The van der Waals surface area contributed by atoms with E-state index in [1.54, 1.807) is 6.92 Å². The van der Waals surface area contributed by atoms with Crippen LogP contribution in [0.15, 0.2) is 35.1 Å². The summed E-state index contributed by atoms with van der Waals surface area (Å²) in [5, 5.41) is 0. The lowest BCUT2D eigenvalue weighted by Crippen LogP contribution is -2.45. The molecule has 4 rings (SSSR count). The van der Waals surface area contributed by atoms with E-state index in [4.69, 9.17) is 9.15 Å². The van der Waals surface area contributed by atoms with Crippen molar-refractivity contribution in [1.29, 1.82) is 0 Å². The highest BCUT2D eigenvalue weighted by Crippen LogP contribution is 2.23. The van der Waals surface area contributed by atoms with Gasteiger partial charge in [0, 0.05) is 25.7 Å². The molecule has 2 bridgehead atoms. The summed E-state index contributed by atoms with van der Waals surface area (Å²) in [5.74, 6) is 1.46. The van der Waals surface area contributed by atoms with Crippen molar-refractivity contribution >= 4 is 5.91 Å². The van der Waals surface area contributed by atoms with Crippen LogP contribution in [0.2, 0.25) is 0 Å². The van der Waals surface area contributed by atoms with Crippen LogP contribution in [0.5, 0.6) is 5.75 Å². The van der Waals surface area contributed by atoms with Crippen molar-refractivity contribution in [3.63, 3.8) is 0 Å². The van der Waals surface area contributed by atoms with Crippen LogP contribution in [0.3, 0.4) is 0 Å². The summed E-state index contributed by atoms with van der Waals surface area (Å²) in [6, 6.07) is 9.05. The van der Waals surface area contributed by atoms with E-state index in [-0.39, 0.29) is 5.91 Å². The van der Waals surface area contributed by atoms with Gasteiger partial charge >= 0.3 is 0 Å². The Bertz CT molecular complexity index is 819. The molecule has 1 aromatic carbocycles. The molecule has 1 atom stereocenters. The Morgan fingerprint density at radius 2 is 2.03 bits per heavy atom. The van der Waals surface area contributed by atoms with Gasteiger partial charge in [-0.1, -0.05) is 18.6 Å². The lowest BCUT2D eigenvalue weighted by Gasteiger charge is -2.37. The van der Waals surface area contributed by atoms with Crippen molar-refractivity contribution in [2.75, 3.05) is 32.8 Å². The standard InChI is InChI=1S/C23H31N3O3/c1-18-22(24-17-29-18)23(27)26-12-5-15-28-21-8-4-6-19(16-21)9-10-20-7-2-3-11-25(20)13-14-26/h4,6,8,16-17,20H,2-3,5,7,9-15H2,1H3. The number of benzene rings is 1. The van der Waals surface area contributed by atoms with Gasteiger partial charge < -0.3 is 14.1 Å². The molecule has 2 aromatic rings. The maximum Gasteiger partial charge on any atom is 0.276 e. The first-order valence-corrected chi connectivity index (χ1v) is 10.9. The van der Waals surface area contributed by atoms with Gasteiger partial charge in [-0.2, -0.15) is 0 Å². The minimum Gasteiger partial charge on any atom is -0.494 e. The number of rotatable bonds is 1. The molecular weight excluding hydrogens is 366 g/mol. The minimum atomic E-state index is -0.0427. The smallest absolute Gasteiger partial charge is 0.276 e. The van der Waals surface area contributed by atoms with Crippen LogP contribution in [0.4, 0.5) is 0 Å². The first-order chi connectivity index (χ1) is 14.2. The summed E-state index contributed by atoms with van der Waals surface area (Å²) in [6.45, 7) is 5.79. The second-order valence-corrected chi connectivity index (χ2v) is 8.12. The van der Waals surface area contributed by atoms with E-state index in [0.29, 0.717) is 37.2 Å². The number of oxazole rings is 1. The first kappa shape index (κ1) is 20.0. The highest BCUT2D eigenvalue weighted by atomic mass is 16.5. The van der Waals surface area contributed by atoms with Crippen molar-refractivity contribution in [3.8, 4) is 5.75 Å². The molecule has 1 saturated heterocycles. The molecule has 29 heavy (non-hydrogen) atoms. The molecule has 1 fully saturated rings. The predicted octanol–water partition coefficient (Wildman–Crippen LogP) is 3.70. The van der Waals surface area contributed by atoms with Crippen LogP contribution < -0.4 is 4.74 Å². The molecule has 6 heteroatoms. The Labute approximate surface area is 172 Å². The first-order valence-electron chi connectivity index (χ1n) is 10.9. The van der Waals surface area contributed by atoms with E-state index in [0.717, 1.165) is 38.1 Å². The number of aryl methyl sites for hydroxylation is 2. The maximum absolute atomic E-state index is 13.1. The lowest BCUT2D eigenvalue weighted by molar-refractivity contribution is 0.0676. The zero-order chi connectivity index (χ0) is 20.1. The Morgan fingerprint density at radius 1 is 1.10 bits per heavy atom. The number of carbonyl (C=O) groups excluding carboxylic acids is 1. The second kappa shape index (κ2) is 9.44. The SMILES string of the molecule is Cc1ocnc1C(=O)N1CCCOc2cccc(c2)CCC2CCCCN2CC1. The van der Waals surface area contributed by atoms with Crippen LogP contribution in [0.1, 0.15) is 53.9 Å². The molecule has 0 radical (unpaired) electrons. The van der Waals surface area contributed by atoms with Gasteiger partial charge in [-0.25, -0.2) is 4.98 Å². The van der Waals surface area contributed by atoms with Crippen LogP contribution in [-0.4, -0.2) is 59.5 Å². The number of ether oxygens (including phenoxy) is 1. The van der Waals surface area contributed by atoms with Crippen molar-refractivity contribution in [3.05, 3.63) is 47.7 Å². The Kier molecular flexibility index (Phi) is 6.49. The van der Waals surface area contributed by atoms with Gasteiger partial charge in [-0.05, 0) is 63.3 Å². The summed E-state index contributed by atoms with van der Waals surface area (Å²) in [7, 11) is 0. The summed E-state index contributed by atoms with van der Waals surface area (Å²) >= 11 is 0. The third-order valence-corrected chi connectivity index (χ3v) is 6.15. The molecule has 1 aromatic heterocycles. The highest BCUT2D eigenvalue weighted by Gasteiger charge is 2.25. The van der Waals surface area contributed by atoms with E-state index in [2.05, 4.69) is 28.1 Å². The van der Waals surface area contributed by atoms with Crippen molar-refractivity contribution in [2.24, 2.45) is 0 Å². The fourth-order valence-electron chi connectivity index (χ4n) is 4.48. The molecule has 156 valence electrons. The maximum atomic E-state index is 13.1. The predicted molar refractivity (Wildman–Crippen MR) is 111 cm³/mol. The van der Waals surface area contributed by atoms with Gasteiger partial charge in [-0.3, -0.25) is 9.69 Å². The molecule has 2 aliphatic heterocycles. The fourth-order valence-corrected chi connectivity index (χ4v) is 4.48. The van der Waals surface area contributed by atoms with Crippen molar-refractivity contribution in [2.45, 2.75) is 51.5 Å². The number of piperidine rings is 1. The highest BCUT2D eigenvalue weighted by molar-refractivity contribution is 5.93. The fraction of sp³-hybridized carbons (Fsp3) is 0.565. The number of amides is 1. The van der Waals surface area contributed by atoms with Crippen molar-refractivity contribution < 1.29 is 13.9 Å². The summed E-state index contributed by atoms with van der Waals surface area (Å²) in [4.78, 5) is 21.7. The van der Waals surface area contributed by atoms with E-state index >= 15 is 0 Å². The third-order valence-electron chi connectivity index (χ3n) is 6.15. The quantitative estimate of drug-likeness (QED) is 0.734. The zero-order valence-electron chi connectivity index (χ0n) is 17.3. The average molecular weight is 398 g/mol. The Morgan fingerprint density at radius 3 is 2.90 bits per heavy atom. The van der Waals surface area contributed by atoms with Gasteiger partial charge in [-0.15, -0.1) is 0 Å². The molecule has 6 nitrogen and oxygen atoms in total. The van der Waals surface area contributed by atoms with Crippen LogP contribution in [0, 0.1) is 6.92 Å². The number of fused-ring (bicyclic) bond motifs is 3. The topological polar surface area (TPSA) is 58.8 Å². The summed E-state index contributed by atoms with van der Waals surface area (Å²) < 4.78 is 11.2. The number of aromatic nitrogens is 1. The van der Waals surface area contributed by atoms with Crippen molar-refractivity contribution in [1.82, 2.24) is 14.8 Å². The Hall–Kier alpha value is -2.34. The number of hydrogen-bond acceptors (Lipinski definition) is 5. The van der Waals surface area contributed by atoms with Gasteiger partial charge in [0.25, 0.3) is 5.91 Å². The monoisotopic (exact) mass is 397 g/mol. The van der Waals surface area contributed by atoms with Gasteiger partial charge in [0.05, 0.1) is 6.61 Å². The summed E-state index contributed by atoms with van der Waals surface area (Å²) in [6.07, 6.45) is 8.15. The van der Waals surface area contributed by atoms with Gasteiger partial charge in [0.15, 0.2) is 12.1 Å². The molecule has 0 spiro atoms. The third kappa shape index (κ3) is 4.99. The second-order valence-electron chi connectivity index (χ2n) is 8.12. The molecule has 0 saturated carbocycles. The number of hydrogen-bond donors (Lipinski definition) is 0. The van der Waals surface area contributed by atoms with Crippen LogP contribution >= 0.6 is 0 Å². The van der Waals surface area contributed by atoms with Crippen LogP contribution in [-0.2, 0) is 6.42 Å². The molecule has 0 N–H and O–H groups in total. The van der Waals surface area contributed by atoms with E-state index < -0.39 is 0 Å². The van der Waals surface area contributed by atoms with E-state index in [9.17, 15) is 4.79 Å². The van der Waals surface area contributed by atoms with Gasteiger partial charge in [0.1, 0.15) is 11.5 Å². The lowest BCUT2D eigenvalue weighted by atomic mass is 9.95. The molecule has 0 aliphatic carbocycles. The number of carbonyl (C=O) groups is 1. The number of nitrogens with zero attached hydrogens (tertiary/aromatic N) is 3. The van der Waals surface area contributed by atoms with E-state index in [1.165, 1.54) is 31.2 Å². The minimum absolute atomic E-state index is 0.0427. The zero-order valence-corrected chi connectivity index (χ0v) is 17.3. The van der Waals surface area contributed by atoms with E-state index in [1.807, 2.05) is 11.0 Å². The van der Waals surface area contributed by atoms with Crippen LogP contribution in [0.25, 0.3) is 0 Å². The summed E-state index contributed by atoms with van der Waals surface area (Å²) in [5.41, 5.74) is 1.78. The Balaban J connectivity index is 1.52. The molecule has 2 aliphatic rings. The van der Waals surface area contributed by atoms with Gasteiger partial charge in [0.2, 0.25) is 0 Å². The molecular formula is C23H31N3O3. The normalized spacial score (nSPS) is 21.7. The average Bonchev–Trinajstić information content (AvgIpc) is 3.17. The molecule has 3 heterocycles. The molecule has 1 unspecified atom stereocenters. The largest absolute Gasteiger partial charge is 0.494 e.